The van der Waals surface area contributed by atoms with Crippen LogP contribution in [-0.2, 0) is 11.2 Å². The van der Waals surface area contributed by atoms with E-state index < -0.39 is 0 Å². The first-order valence-corrected chi connectivity index (χ1v) is 5.28. The topological polar surface area (TPSA) is 17.1 Å². The van der Waals surface area contributed by atoms with Crippen LogP contribution in [0.5, 0.6) is 0 Å². The summed E-state index contributed by atoms with van der Waals surface area (Å²) in [6.45, 7) is 1.60. The highest BCUT2D eigenvalue weighted by Crippen LogP contribution is 2.22. The Balaban J connectivity index is 2.55. The van der Waals surface area contributed by atoms with Crippen molar-refractivity contribution in [1.82, 2.24) is 0 Å². The Bertz CT molecular complexity index is 334. The van der Waals surface area contributed by atoms with Gasteiger partial charge in [0.1, 0.15) is 5.78 Å². The number of hydrogen-bond acceptors (Lipinski definition) is 1. The van der Waals surface area contributed by atoms with Crippen molar-refractivity contribution in [2.24, 2.45) is 0 Å². The van der Waals surface area contributed by atoms with E-state index in [9.17, 15) is 4.79 Å². The first-order valence-electron chi connectivity index (χ1n) is 4.53. The molecule has 0 heterocycles. The molecule has 1 aromatic carbocycles. The molecule has 0 amide bonds. The van der Waals surface area contributed by atoms with E-state index >= 15 is 0 Å². The summed E-state index contributed by atoms with van der Waals surface area (Å²) in [4.78, 5) is 10.7. The minimum Gasteiger partial charge on any atom is -0.300 e. The lowest BCUT2D eigenvalue weighted by Crippen LogP contribution is -1.93. The number of rotatable bonds is 4. The van der Waals surface area contributed by atoms with Crippen molar-refractivity contribution in [1.29, 1.82) is 0 Å². The maximum atomic E-state index is 10.7. The van der Waals surface area contributed by atoms with Gasteiger partial charge in [0.15, 0.2) is 0 Å². The third kappa shape index (κ3) is 3.69. The number of hydrogen-bond donors (Lipinski definition) is 0. The quantitative estimate of drug-likeness (QED) is 0.767. The van der Waals surface area contributed by atoms with E-state index in [4.69, 9.17) is 23.2 Å². The number of Topliss-reactive ketones (excluding diaryl/α,β-unsaturated/α-hetero) is 1. The van der Waals surface area contributed by atoms with Crippen LogP contribution in [0.2, 0.25) is 10.0 Å². The van der Waals surface area contributed by atoms with Crippen LogP contribution < -0.4 is 0 Å². The molecule has 0 N–H and O–H groups in total. The Morgan fingerprint density at radius 2 is 2.07 bits per heavy atom. The Hall–Kier alpha value is -0.530. The molecule has 0 fully saturated rings. The number of ketones is 1. The summed E-state index contributed by atoms with van der Waals surface area (Å²) in [7, 11) is 0. The minimum absolute atomic E-state index is 0.218. The average Bonchev–Trinajstić information content (AvgIpc) is 2.08. The van der Waals surface area contributed by atoms with Gasteiger partial charge in [0.05, 0.1) is 0 Å². The van der Waals surface area contributed by atoms with E-state index in [1.54, 1.807) is 13.0 Å². The van der Waals surface area contributed by atoms with Gasteiger partial charge in [-0.3, -0.25) is 0 Å². The number of carbonyl (C=O) groups excluding carboxylic acids is 1. The predicted molar refractivity (Wildman–Crippen MR) is 60.1 cm³/mol. The zero-order valence-corrected chi connectivity index (χ0v) is 9.53. The maximum Gasteiger partial charge on any atom is 0.129 e. The van der Waals surface area contributed by atoms with E-state index in [1.165, 1.54) is 0 Å². The van der Waals surface area contributed by atoms with Crippen LogP contribution in [0.15, 0.2) is 18.2 Å². The van der Waals surface area contributed by atoms with Crippen molar-refractivity contribution in [3.8, 4) is 0 Å². The molecule has 0 atom stereocenters. The maximum absolute atomic E-state index is 10.7. The highest BCUT2D eigenvalue weighted by molar-refractivity contribution is 6.35. The van der Waals surface area contributed by atoms with Crippen LogP contribution in [0.25, 0.3) is 0 Å². The molecular weight excluding hydrogens is 219 g/mol. The zero-order valence-electron chi connectivity index (χ0n) is 8.02. The highest BCUT2D eigenvalue weighted by atomic mass is 35.5. The normalized spacial score (nSPS) is 10.2. The summed E-state index contributed by atoms with van der Waals surface area (Å²) in [5.41, 5.74) is 1.05. The van der Waals surface area contributed by atoms with Gasteiger partial charge in [-0.15, -0.1) is 0 Å². The third-order valence-corrected chi connectivity index (χ3v) is 2.58. The van der Waals surface area contributed by atoms with Gasteiger partial charge in [-0.05, 0) is 37.5 Å². The summed E-state index contributed by atoms with van der Waals surface area (Å²) in [5, 5.41) is 1.33. The molecule has 1 rings (SSSR count). The molecule has 14 heavy (non-hydrogen) atoms. The number of carbonyl (C=O) groups is 1. The molecule has 0 saturated carbocycles. The van der Waals surface area contributed by atoms with Crippen LogP contribution in [0.3, 0.4) is 0 Å². The Kier molecular flexibility index (Phi) is 4.43. The molecule has 1 nitrogen and oxygen atoms in total. The molecule has 0 unspecified atom stereocenters. The second-order valence-corrected chi connectivity index (χ2v) is 4.13. The molecule has 0 aromatic heterocycles. The molecule has 0 aliphatic heterocycles. The fourth-order valence-electron chi connectivity index (χ4n) is 1.25. The predicted octanol–water partition coefficient (Wildman–Crippen LogP) is 3.91. The van der Waals surface area contributed by atoms with E-state index in [0.717, 1.165) is 18.4 Å². The second kappa shape index (κ2) is 5.38. The molecule has 1 aromatic rings. The Morgan fingerprint density at radius 1 is 1.36 bits per heavy atom. The van der Waals surface area contributed by atoms with Gasteiger partial charge in [-0.25, -0.2) is 0 Å². The smallest absolute Gasteiger partial charge is 0.129 e. The Labute approximate surface area is 94.0 Å². The summed E-state index contributed by atoms with van der Waals surface area (Å²) < 4.78 is 0. The fraction of sp³-hybridized carbons (Fsp3) is 0.364. The van der Waals surface area contributed by atoms with Gasteiger partial charge >= 0.3 is 0 Å². The van der Waals surface area contributed by atoms with Crippen molar-refractivity contribution < 1.29 is 4.79 Å². The fourth-order valence-corrected chi connectivity index (χ4v) is 1.76. The van der Waals surface area contributed by atoms with Gasteiger partial charge in [0.25, 0.3) is 0 Å². The summed E-state index contributed by atoms with van der Waals surface area (Å²) in [6.07, 6.45) is 2.28. The first-order chi connectivity index (χ1) is 6.59. The average molecular weight is 231 g/mol. The van der Waals surface area contributed by atoms with Gasteiger partial charge in [0.2, 0.25) is 0 Å². The van der Waals surface area contributed by atoms with Crippen molar-refractivity contribution in [3.63, 3.8) is 0 Å². The Morgan fingerprint density at radius 3 is 2.64 bits per heavy atom. The monoisotopic (exact) mass is 230 g/mol. The van der Waals surface area contributed by atoms with Crippen molar-refractivity contribution in [2.45, 2.75) is 26.2 Å². The van der Waals surface area contributed by atoms with Gasteiger partial charge < -0.3 is 4.79 Å². The lowest BCUT2D eigenvalue weighted by Gasteiger charge is -2.03. The second-order valence-electron chi connectivity index (χ2n) is 3.29. The van der Waals surface area contributed by atoms with E-state index in [1.807, 2.05) is 12.1 Å². The van der Waals surface area contributed by atoms with Gasteiger partial charge in [-0.2, -0.15) is 0 Å². The number of halogens is 2. The minimum atomic E-state index is 0.218. The van der Waals surface area contributed by atoms with Crippen LogP contribution in [0, 0.1) is 0 Å². The molecule has 76 valence electrons. The molecule has 0 saturated heterocycles. The standard InChI is InChI=1S/C11H12Cl2O/c1-8(14)3-2-4-9-5-6-10(12)7-11(9)13/h5-7H,2-4H2,1H3. The largest absolute Gasteiger partial charge is 0.300 e. The number of benzene rings is 1. The van der Waals surface area contributed by atoms with Crippen molar-refractivity contribution in [2.75, 3.05) is 0 Å². The lowest BCUT2D eigenvalue weighted by atomic mass is 10.1. The van der Waals surface area contributed by atoms with Gasteiger partial charge in [0, 0.05) is 16.5 Å². The van der Waals surface area contributed by atoms with E-state index in [2.05, 4.69) is 0 Å². The van der Waals surface area contributed by atoms with Crippen LogP contribution in [0.1, 0.15) is 25.3 Å². The summed E-state index contributed by atoms with van der Waals surface area (Å²) >= 11 is 11.7. The van der Waals surface area contributed by atoms with Crippen LogP contribution in [-0.4, -0.2) is 5.78 Å². The molecule has 0 bridgehead atoms. The molecule has 0 radical (unpaired) electrons. The molecule has 3 heteroatoms. The molecular formula is C11H12Cl2O. The summed E-state index contributed by atoms with van der Waals surface area (Å²) in [6, 6.07) is 5.45. The van der Waals surface area contributed by atoms with Crippen LogP contribution >= 0.6 is 23.2 Å². The van der Waals surface area contributed by atoms with E-state index in [0.29, 0.717) is 16.5 Å². The SMILES string of the molecule is CC(=O)CCCc1ccc(Cl)cc1Cl. The molecule has 0 aliphatic rings. The zero-order chi connectivity index (χ0) is 10.6. The third-order valence-electron chi connectivity index (χ3n) is 1.99. The molecule has 0 spiro atoms. The van der Waals surface area contributed by atoms with E-state index in [-0.39, 0.29) is 5.78 Å². The highest BCUT2D eigenvalue weighted by Gasteiger charge is 2.01. The van der Waals surface area contributed by atoms with Crippen LogP contribution in [0.4, 0.5) is 0 Å². The number of aryl methyl sites for hydroxylation is 1. The van der Waals surface area contributed by atoms with Gasteiger partial charge in [-0.1, -0.05) is 29.3 Å². The van der Waals surface area contributed by atoms with Crippen molar-refractivity contribution in [3.05, 3.63) is 33.8 Å². The van der Waals surface area contributed by atoms with Crippen molar-refractivity contribution >= 4 is 29.0 Å². The molecule has 0 aliphatic carbocycles. The lowest BCUT2D eigenvalue weighted by molar-refractivity contribution is -0.117. The first kappa shape index (κ1) is 11.5. The summed E-state index contributed by atoms with van der Waals surface area (Å²) in [5.74, 6) is 0.218.